The number of nitrogens with zero attached hydrogens (tertiary/aromatic N) is 2. The molecule has 5 heteroatoms. The van der Waals surface area contributed by atoms with Crippen LogP contribution in [-0.2, 0) is 7.05 Å². The van der Waals surface area contributed by atoms with Crippen LogP contribution in [0.1, 0.15) is 23.0 Å². The fraction of sp³-hybridized carbons (Fsp3) is 0.700. The molecule has 1 aliphatic rings. The number of hydrogen-bond donors (Lipinski definition) is 3. The molecule has 2 heterocycles. The number of nitrogens with two attached hydrogens (primary N) is 1. The van der Waals surface area contributed by atoms with Crippen LogP contribution in [0.3, 0.4) is 0 Å². The Morgan fingerprint density at radius 2 is 2.13 bits per heavy atom. The van der Waals surface area contributed by atoms with E-state index < -0.39 is 5.60 Å². The van der Waals surface area contributed by atoms with E-state index in [4.69, 9.17) is 5.73 Å². The van der Waals surface area contributed by atoms with Gasteiger partial charge in [0, 0.05) is 31.4 Å². The molecule has 1 aliphatic heterocycles. The molecule has 1 unspecified atom stereocenters. The first-order chi connectivity index (χ1) is 6.96. The van der Waals surface area contributed by atoms with E-state index in [0.717, 1.165) is 17.0 Å². The summed E-state index contributed by atoms with van der Waals surface area (Å²) in [5.41, 5.74) is 8.21. The first kappa shape index (κ1) is 10.6. The molecule has 0 bridgehead atoms. The number of aromatic nitrogens is 2. The maximum Gasteiger partial charge on any atom is 0.109 e. The van der Waals surface area contributed by atoms with Crippen LogP contribution in [0.5, 0.6) is 0 Å². The highest BCUT2D eigenvalue weighted by Gasteiger charge is 2.43. The summed E-state index contributed by atoms with van der Waals surface area (Å²) < 4.78 is 1.81. The fourth-order valence-corrected chi connectivity index (χ4v) is 2.11. The zero-order chi connectivity index (χ0) is 11.2. The van der Waals surface area contributed by atoms with Crippen molar-refractivity contribution < 1.29 is 5.11 Å². The molecule has 5 nitrogen and oxygen atoms in total. The molecule has 1 atom stereocenters. The first-order valence-corrected chi connectivity index (χ1v) is 5.14. The molecule has 0 radical (unpaired) electrons. The van der Waals surface area contributed by atoms with Crippen LogP contribution in [-0.4, -0.2) is 33.6 Å². The lowest BCUT2D eigenvalue weighted by Crippen LogP contribution is -2.64. The number of β-amino-alcohol motifs (C(OH)–C–C–N with tert-alkyl or cyclic N) is 1. The second-order valence-corrected chi connectivity index (χ2v) is 4.39. The molecule has 1 aromatic rings. The molecule has 1 fully saturated rings. The van der Waals surface area contributed by atoms with E-state index in [9.17, 15) is 5.11 Å². The highest BCUT2D eigenvalue weighted by molar-refractivity contribution is 5.31. The van der Waals surface area contributed by atoms with Crippen molar-refractivity contribution in [2.24, 2.45) is 12.8 Å². The lowest BCUT2D eigenvalue weighted by molar-refractivity contribution is -0.0336. The molecule has 84 valence electrons. The zero-order valence-corrected chi connectivity index (χ0v) is 9.41. The summed E-state index contributed by atoms with van der Waals surface area (Å²) in [4.78, 5) is 0. The van der Waals surface area contributed by atoms with E-state index in [2.05, 4.69) is 10.4 Å². The van der Waals surface area contributed by atoms with Crippen molar-refractivity contribution in [1.29, 1.82) is 0 Å². The van der Waals surface area contributed by atoms with Crippen molar-refractivity contribution in [2.45, 2.75) is 25.5 Å². The van der Waals surface area contributed by atoms with Crippen molar-refractivity contribution in [3.63, 3.8) is 0 Å². The van der Waals surface area contributed by atoms with E-state index >= 15 is 0 Å². The minimum absolute atomic E-state index is 0.354. The first-order valence-electron chi connectivity index (χ1n) is 5.14. The summed E-state index contributed by atoms with van der Waals surface area (Å²) in [6.45, 7) is 5.02. The number of aryl methyl sites for hydroxylation is 2. The van der Waals surface area contributed by atoms with Gasteiger partial charge in [-0.05, 0) is 13.8 Å². The Morgan fingerprint density at radius 3 is 2.47 bits per heavy atom. The molecule has 1 aromatic heterocycles. The quantitative estimate of drug-likeness (QED) is 0.607. The van der Waals surface area contributed by atoms with Gasteiger partial charge in [0.05, 0.1) is 11.7 Å². The number of aliphatic hydroxyl groups is 1. The molecule has 1 saturated heterocycles. The van der Waals surface area contributed by atoms with E-state index in [-0.39, 0.29) is 6.04 Å². The topological polar surface area (TPSA) is 76.1 Å². The third kappa shape index (κ3) is 1.47. The van der Waals surface area contributed by atoms with Crippen molar-refractivity contribution in [3.05, 3.63) is 17.0 Å². The summed E-state index contributed by atoms with van der Waals surface area (Å²) >= 11 is 0. The Bertz CT molecular complexity index is 381. The molecule has 0 aromatic carbocycles. The van der Waals surface area contributed by atoms with E-state index in [1.54, 1.807) is 4.68 Å². The van der Waals surface area contributed by atoms with Gasteiger partial charge >= 0.3 is 0 Å². The molecular formula is C10H18N4O. The van der Waals surface area contributed by atoms with E-state index in [1.165, 1.54) is 0 Å². The maximum absolute atomic E-state index is 10.2. The zero-order valence-electron chi connectivity index (χ0n) is 9.41. The Morgan fingerprint density at radius 1 is 1.53 bits per heavy atom. The van der Waals surface area contributed by atoms with Crippen LogP contribution in [0.15, 0.2) is 0 Å². The summed E-state index contributed by atoms with van der Waals surface area (Å²) in [5.74, 6) is 0. The Balaban J connectivity index is 2.36. The largest absolute Gasteiger partial charge is 0.385 e. The minimum Gasteiger partial charge on any atom is -0.385 e. The predicted octanol–water partition coefficient (Wildman–Crippen LogP) is -0.629. The van der Waals surface area contributed by atoms with Crippen LogP contribution < -0.4 is 11.1 Å². The van der Waals surface area contributed by atoms with Gasteiger partial charge < -0.3 is 16.2 Å². The van der Waals surface area contributed by atoms with Crippen LogP contribution in [0, 0.1) is 13.8 Å². The number of hydrogen-bond acceptors (Lipinski definition) is 4. The molecule has 0 spiro atoms. The molecule has 0 aliphatic carbocycles. The molecule has 2 rings (SSSR count). The smallest absolute Gasteiger partial charge is 0.109 e. The molecule has 0 amide bonds. The van der Waals surface area contributed by atoms with Crippen molar-refractivity contribution in [2.75, 3.05) is 13.1 Å². The SMILES string of the molecule is Cc1nn(C)c(C)c1C(N)C1(O)CNC1. The standard InChI is InChI=1S/C10H18N4O/c1-6-8(7(2)14(3)13-6)9(11)10(15)4-12-5-10/h9,12,15H,4-5,11H2,1-3H3. The van der Waals surface area contributed by atoms with E-state index in [0.29, 0.717) is 13.1 Å². The second-order valence-electron chi connectivity index (χ2n) is 4.39. The van der Waals surface area contributed by atoms with Gasteiger partial charge in [0.1, 0.15) is 5.60 Å². The summed E-state index contributed by atoms with van der Waals surface area (Å²) in [5, 5.41) is 17.5. The van der Waals surface area contributed by atoms with Gasteiger partial charge in [0.2, 0.25) is 0 Å². The van der Waals surface area contributed by atoms with Gasteiger partial charge in [0.25, 0.3) is 0 Å². The molecule has 15 heavy (non-hydrogen) atoms. The molecular weight excluding hydrogens is 192 g/mol. The lowest BCUT2D eigenvalue weighted by atomic mass is 9.83. The fourth-order valence-electron chi connectivity index (χ4n) is 2.11. The second kappa shape index (κ2) is 3.30. The van der Waals surface area contributed by atoms with Gasteiger partial charge in [-0.1, -0.05) is 0 Å². The van der Waals surface area contributed by atoms with Gasteiger partial charge in [-0.25, -0.2) is 0 Å². The van der Waals surface area contributed by atoms with Crippen molar-refractivity contribution in [3.8, 4) is 0 Å². The van der Waals surface area contributed by atoms with Crippen LogP contribution in [0.25, 0.3) is 0 Å². The average Bonchev–Trinajstić information content (AvgIpc) is 2.36. The van der Waals surface area contributed by atoms with Gasteiger partial charge in [-0.15, -0.1) is 0 Å². The lowest BCUT2D eigenvalue weighted by Gasteiger charge is -2.42. The Hall–Kier alpha value is -0.910. The highest BCUT2D eigenvalue weighted by Crippen LogP contribution is 2.30. The summed E-state index contributed by atoms with van der Waals surface area (Å²) in [7, 11) is 1.89. The van der Waals surface area contributed by atoms with Crippen molar-refractivity contribution >= 4 is 0 Å². The van der Waals surface area contributed by atoms with Crippen LogP contribution >= 0.6 is 0 Å². The van der Waals surface area contributed by atoms with E-state index in [1.807, 2.05) is 20.9 Å². The third-order valence-electron chi connectivity index (χ3n) is 3.32. The normalized spacial score (nSPS) is 21.1. The number of nitrogens with one attached hydrogen (secondary N) is 1. The minimum atomic E-state index is -0.807. The highest BCUT2D eigenvalue weighted by atomic mass is 16.3. The summed E-state index contributed by atoms with van der Waals surface area (Å²) in [6.07, 6.45) is 0. The van der Waals surface area contributed by atoms with Crippen molar-refractivity contribution in [1.82, 2.24) is 15.1 Å². The Labute approximate surface area is 89.3 Å². The maximum atomic E-state index is 10.2. The molecule has 4 N–H and O–H groups in total. The third-order valence-corrected chi connectivity index (χ3v) is 3.32. The van der Waals surface area contributed by atoms with Crippen LogP contribution in [0.2, 0.25) is 0 Å². The number of rotatable bonds is 2. The van der Waals surface area contributed by atoms with Gasteiger partial charge in [0.15, 0.2) is 0 Å². The molecule has 0 saturated carbocycles. The monoisotopic (exact) mass is 210 g/mol. The average molecular weight is 210 g/mol. The van der Waals surface area contributed by atoms with Gasteiger partial charge in [-0.3, -0.25) is 4.68 Å². The van der Waals surface area contributed by atoms with Crippen LogP contribution in [0.4, 0.5) is 0 Å². The Kier molecular flexibility index (Phi) is 2.33. The predicted molar refractivity (Wildman–Crippen MR) is 57.4 cm³/mol. The summed E-state index contributed by atoms with van der Waals surface area (Å²) in [6, 6.07) is -0.354. The van der Waals surface area contributed by atoms with Gasteiger partial charge in [-0.2, -0.15) is 5.10 Å².